The zero-order chi connectivity index (χ0) is 18.5. The number of esters is 1. The van der Waals surface area contributed by atoms with Gasteiger partial charge in [-0.05, 0) is 48.7 Å². The molecule has 2 aromatic carbocycles. The monoisotopic (exact) mass is 348 g/mol. The van der Waals surface area contributed by atoms with Crippen LogP contribution >= 0.6 is 0 Å². The van der Waals surface area contributed by atoms with Gasteiger partial charge in [-0.15, -0.1) is 0 Å². The van der Waals surface area contributed by atoms with Gasteiger partial charge in [0.25, 0.3) is 0 Å². The number of aromatic nitrogens is 1. The number of rotatable bonds is 6. The van der Waals surface area contributed by atoms with Gasteiger partial charge in [0.2, 0.25) is 0 Å². The van der Waals surface area contributed by atoms with Crippen molar-refractivity contribution in [3.63, 3.8) is 0 Å². The molecule has 4 nitrogen and oxygen atoms in total. The third-order valence-corrected chi connectivity index (χ3v) is 4.54. The molecule has 1 N–H and O–H groups in total. The Bertz CT molecular complexity index is 904. The van der Waals surface area contributed by atoms with Crippen LogP contribution in [-0.4, -0.2) is 18.1 Å². The zero-order valence-corrected chi connectivity index (χ0v) is 15.5. The van der Waals surface area contributed by atoms with E-state index in [1.165, 1.54) is 7.11 Å². The Labute approximate surface area is 154 Å². The average Bonchev–Trinajstić information content (AvgIpc) is 2.67. The molecule has 0 amide bonds. The topological polar surface area (TPSA) is 51.2 Å². The van der Waals surface area contributed by atoms with Crippen molar-refractivity contribution in [2.75, 3.05) is 12.4 Å². The van der Waals surface area contributed by atoms with Crippen LogP contribution in [0.1, 0.15) is 47.3 Å². The lowest BCUT2D eigenvalue weighted by Crippen LogP contribution is -2.13. The summed E-state index contributed by atoms with van der Waals surface area (Å²) in [5.74, 6) is 0.586. The number of hydrogen-bond acceptors (Lipinski definition) is 4. The normalized spacial score (nSPS) is 12.0. The van der Waals surface area contributed by atoms with Gasteiger partial charge in [0.1, 0.15) is 5.82 Å². The molecule has 3 rings (SSSR count). The number of pyridine rings is 1. The number of aryl methyl sites for hydroxylation is 1. The second-order valence-electron chi connectivity index (χ2n) is 6.45. The minimum Gasteiger partial charge on any atom is -0.465 e. The lowest BCUT2D eigenvalue weighted by molar-refractivity contribution is 0.0600. The highest BCUT2D eigenvalue weighted by Crippen LogP contribution is 2.27. The predicted molar refractivity (Wildman–Crippen MR) is 106 cm³/mol. The summed E-state index contributed by atoms with van der Waals surface area (Å²) in [5.41, 5.74) is 3.80. The van der Waals surface area contributed by atoms with Gasteiger partial charge in [0.05, 0.1) is 24.2 Å². The maximum absolute atomic E-state index is 11.6. The first-order valence-corrected chi connectivity index (χ1v) is 8.93. The minimum atomic E-state index is -0.316. The van der Waals surface area contributed by atoms with E-state index in [0.29, 0.717) is 5.56 Å². The van der Waals surface area contributed by atoms with Gasteiger partial charge < -0.3 is 10.1 Å². The molecule has 0 radical (unpaired) electrons. The molecule has 0 saturated heterocycles. The number of fused-ring (bicyclic) bond motifs is 1. The number of nitrogens with one attached hydrogen (secondary N) is 1. The molecule has 3 aromatic rings. The molecule has 0 aliphatic rings. The smallest absolute Gasteiger partial charge is 0.337 e. The summed E-state index contributed by atoms with van der Waals surface area (Å²) in [6.45, 7) is 4.24. The van der Waals surface area contributed by atoms with E-state index in [-0.39, 0.29) is 12.0 Å². The van der Waals surface area contributed by atoms with Gasteiger partial charge in [-0.3, -0.25) is 0 Å². The van der Waals surface area contributed by atoms with Gasteiger partial charge in [-0.1, -0.05) is 43.7 Å². The number of nitrogens with zero attached hydrogens (tertiary/aromatic N) is 1. The maximum Gasteiger partial charge on any atom is 0.337 e. The Morgan fingerprint density at radius 3 is 2.58 bits per heavy atom. The van der Waals surface area contributed by atoms with Crippen molar-refractivity contribution in [1.82, 2.24) is 4.98 Å². The summed E-state index contributed by atoms with van der Waals surface area (Å²) in [7, 11) is 1.39. The molecule has 4 heteroatoms. The number of ether oxygens (including phenoxy) is 1. The van der Waals surface area contributed by atoms with Gasteiger partial charge >= 0.3 is 5.97 Å². The Morgan fingerprint density at radius 1 is 1.15 bits per heavy atom. The fraction of sp³-hybridized carbons (Fsp3) is 0.273. The van der Waals surface area contributed by atoms with Crippen molar-refractivity contribution >= 4 is 22.7 Å². The lowest BCUT2D eigenvalue weighted by atomic mass is 10.0. The summed E-state index contributed by atoms with van der Waals surface area (Å²) in [4.78, 5) is 16.4. The number of carbonyl (C=O) groups is 1. The molecule has 1 aromatic heterocycles. The third-order valence-electron chi connectivity index (χ3n) is 4.54. The van der Waals surface area contributed by atoms with E-state index in [1.54, 1.807) is 0 Å². The standard InChI is InChI=1S/C22H24N2O2/c1-4-7-19(16-10-12-17(13-11-16)22(25)26-3)23-21-15(2)14-18-8-5-6-9-20(18)24-21/h5-6,8-14,19H,4,7H2,1-3H3,(H,23,24). The molecule has 1 atom stereocenters. The summed E-state index contributed by atoms with van der Waals surface area (Å²) in [5, 5.41) is 4.74. The Morgan fingerprint density at radius 2 is 1.88 bits per heavy atom. The number of para-hydroxylation sites is 1. The number of anilines is 1. The van der Waals surface area contributed by atoms with Crippen molar-refractivity contribution in [2.45, 2.75) is 32.7 Å². The summed E-state index contributed by atoms with van der Waals surface area (Å²) < 4.78 is 4.77. The molecule has 0 bridgehead atoms. The highest BCUT2D eigenvalue weighted by atomic mass is 16.5. The summed E-state index contributed by atoms with van der Waals surface area (Å²) in [6, 6.07) is 18.0. The first-order valence-electron chi connectivity index (χ1n) is 8.93. The molecule has 1 heterocycles. The fourth-order valence-electron chi connectivity index (χ4n) is 3.11. The van der Waals surface area contributed by atoms with Crippen LogP contribution in [0.3, 0.4) is 0 Å². The Hall–Kier alpha value is -2.88. The molecule has 0 saturated carbocycles. The molecular weight excluding hydrogens is 324 g/mol. The highest BCUT2D eigenvalue weighted by Gasteiger charge is 2.14. The van der Waals surface area contributed by atoms with Crippen molar-refractivity contribution in [1.29, 1.82) is 0 Å². The molecule has 0 aliphatic heterocycles. The molecule has 0 spiro atoms. The molecule has 0 fully saturated rings. The first-order chi connectivity index (χ1) is 12.6. The number of carbonyl (C=O) groups excluding carboxylic acids is 1. The van der Waals surface area contributed by atoms with E-state index in [9.17, 15) is 4.79 Å². The Balaban J connectivity index is 1.89. The van der Waals surface area contributed by atoms with Crippen LogP contribution in [0.5, 0.6) is 0 Å². The van der Waals surface area contributed by atoms with Crippen molar-refractivity contribution in [3.8, 4) is 0 Å². The fourth-order valence-corrected chi connectivity index (χ4v) is 3.11. The summed E-state index contributed by atoms with van der Waals surface area (Å²) >= 11 is 0. The summed E-state index contributed by atoms with van der Waals surface area (Å²) in [6.07, 6.45) is 2.02. The molecule has 0 aliphatic carbocycles. The molecule has 26 heavy (non-hydrogen) atoms. The largest absolute Gasteiger partial charge is 0.465 e. The Kier molecular flexibility index (Phi) is 5.52. The van der Waals surface area contributed by atoms with Crippen LogP contribution in [0.25, 0.3) is 10.9 Å². The van der Waals surface area contributed by atoms with Crippen molar-refractivity contribution in [3.05, 3.63) is 71.3 Å². The number of hydrogen-bond donors (Lipinski definition) is 1. The zero-order valence-electron chi connectivity index (χ0n) is 15.5. The lowest BCUT2D eigenvalue weighted by Gasteiger charge is -2.21. The highest BCUT2D eigenvalue weighted by molar-refractivity contribution is 5.89. The van der Waals surface area contributed by atoms with E-state index in [4.69, 9.17) is 9.72 Å². The quantitative estimate of drug-likeness (QED) is 0.616. The molecular formula is C22H24N2O2. The van der Waals surface area contributed by atoms with Crippen LogP contribution in [0.2, 0.25) is 0 Å². The van der Waals surface area contributed by atoms with E-state index in [2.05, 4.69) is 31.3 Å². The van der Waals surface area contributed by atoms with Gasteiger partial charge in [-0.25, -0.2) is 9.78 Å². The number of benzene rings is 2. The SMILES string of the molecule is CCCC(Nc1nc2ccccc2cc1C)c1ccc(C(=O)OC)cc1. The van der Waals surface area contributed by atoms with E-state index < -0.39 is 0 Å². The minimum absolute atomic E-state index is 0.138. The van der Waals surface area contributed by atoms with E-state index >= 15 is 0 Å². The van der Waals surface area contributed by atoms with Crippen LogP contribution in [0.4, 0.5) is 5.82 Å². The second-order valence-corrected chi connectivity index (χ2v) is 6.45. The van der Waals surface area contributed by atoms with Crippen LogP contribution in [0.15, 0.2) is 54.6 Å². The number of methoxy groups -OCH3 is 1. The second kappa shape index (κ2) is 8.00. The third kappa shape index (κ3) is 3.85. The molecule has 134 valence electrons. The van der Waals surface area contributed by atoms with E-state index in [1.807, 2.05) is 42.5 Å². The van der Waals surface area contributed by atoms with E-state index in [0.717, 1.165) is 40.7 Å². The molecule has 1 unspecified atom stereocenters. The maximum atomic E-state index is 11.6. The average molecular weight is 348 g/mol. The van der Waals surface area contributed by atoms with Crippen LogP contribution in [0, 0.1) is 6.92 Å². The van der Waals surface area contributed by atoms with Crippen molar-refractivity contribution in [2.24, 2.45) is 0 Å². The van der Waals surface area contributed by atoms with Crippen molar-refractivity contribution < 1.29 is 9.53 Å². The van der Waals surface area contributed by atoms with Gasteiger partial charge in [0, 0.05) is 5.39 Å². The predicted octanol–water partition coefficient (Wildman–Crippen LogP) is 5.28. The van der Waals surface area contributed by atoms with Crippen LogP contribution in [-0.2, 0) is 4.74 Å². The first kappa shape index (κ1) is 17.9. The van der Waals surface area contributed by atoms with Gasteiger partial charge in [0.15, 0.2) is 0 Å². The van der Waals surface area contributed by atoms with Gasteiger partial charge in [-0.2, -0.15) is 0 Å². The van der Waals surface area contributed by atoms with Crippen LogP contribution < -0.4 is 5.32 Å².